The Morgan fingerprint density at radius 1 is 1.05 bits per heavy atom. The summed E-state index contributed by atoms with van der Waals surface area (Å²) >= 11 is 0. The van der Waals surface area contributed by atoms with Crippen molar-refractivity contribution in [2.24, 2.45) is 4.99 Å². The monoisotopic (exact) mass is 515 g/mol. The van der Waals surface area contributed by atoms with Gasteiger partial charge in [0, 0.05) is 42.0 Å². The maximum absolute atomic E-state index is 13.7. The first-order chi connectivity index (χ1) is 18.5. The minimum Gasteiger partial charge on any atom is -0.473 e. The third-order valence-corrected chi connectivity index (χ3v) is 7.31. The third kappa shape index (κ3) is 6.25. The SMILES string of the molecule is CN(C)C1CCC(Oc2nc3ccc(C(=O)NCCCC4=NC=CC4)cc3nc2-c2ccc(F)cc2)CC1. The lowest BCUT2D eigenvalue weighted by Gasteiger charge is -2.32. The fourth-order valence-electron chi connectivity index (χ4n) is 5.06. The van der Waals surface area contributed by atoms with Crippen LogP contribution in [-0.4, -0.2) is 59.3 Å². The number of hydrogen-bond donors (Lipinski definition) is 1. The van der Waals surface area contributed by atoms with Crippen LogP contribution in [0.1, 0.15) is 55.3 Å². The van der Waals surface area contributed by atoms with Crippen molar-refractivity contribution >= 4 is 22.7 Å². The number of aliphatic imine (C=N–C) groups is 1. The molecule has 1 aromatic heterocycles. The highest BCUT2D eigenvalue weighted by Crippen LogP contribution is 2.33. The zero-order chi connectivity index (χ0) is 26.5. The Morgan fingerprint density at radius 2 is 1.84 bits per heavy atom. The molecule has 0 atom stereocenters. The Morgan fingerprint density at radius 3 is 2.55 bits per heavy atom. The summed E-state index contributed by atoms with van der Waals surface area (Å²) in [6, 6.07) is 12.1. The van der Waals surface area contributed by atoms with Crippen LogP contribution in [0.4, 0.5) is 4.39 Å². The number of aromatic nitrogens is 2. The number of nitrogens with one attached hydrogen (secondary N) is 1. The van der Waals surface area contributed by atoms with E-state index in [-0.39, 0.29) is 17.8 Å². The molecule has 1 aliphatic heterocycles. The average molecular weight is 516 g/mol. The van der Waals surface area contributed by atoms with Crippen molar-refractivity contribution in [2.45, 2.75) is 57.1 Å². The molecule has 7 nitrogen and oxygen atoms in total. The molecule has 0 radical (unpaired) electrons. The molecule has 5 rings (SSSR count). The molecule has 2 heterocycles. The van der Waals surface area contributed by atoms with Crippen LogP contribution in [0.2, 0.25) is 0 Å². The van der Waals surface area contributed by atoms with E-state index in [2.05, 4.69) is 29.3 Å². The summed E-state index contributed by atoms with van der Waals surface area (Å²) < 4.78 is 20.1. The van der Waals surface area contributed by atoms with E-state index in [4.69, 9.17) is 14.7 Å². The molecular weight excluding hydrogens is 481 g/mol. The van der Waals surface area contributed by atoms with Gasteiger partial charge in [-0.1, -0.05) is 6.08 Å². The van der Waals surface area contributed by atoms with Gasteiger partial charge in [0.15, 0.2) is 0 Å². The quantitative estimate of drug-likeness (QED) is 0.378. The zero-order valence-corrected chi connectivity index (χ0v) is 22.0. The zero-order valence-electron chi connectivity index (χ0n) is 22.0. The number of carbonyl (C=O) groups excluding carboxylic acids is 1. The summed E-state index contributed by atoms with van der Waals surface area (Å²) in [4.78, 5) is 29.0. The number of carbonyl (C=O) groups is 1. The van der Waals surface area contributed by atoms with Crippen molar-refractivity contribution < 1.29 is 13.9 Å². The lowest BCUT2D eigenvalue weighted by Crippen LogP contribution is -2.35. The first-order valence-corrected chi connectivity index (χ1v) is 13.4. The average Bonchev–Trinajstić information content (AvgIpc) is 3.45. The van der Waals surface area contributed by atoms with E-state index in [0.29, 0.717) is 40.8 Å². The second-order valence-corrected chi connectivity index (χ2v) is 10.2. The molecule has 0 spiro atoms. The normalized spacial score (nSPS) is 19.1. The topological polar surface area (TPSA) is 79.7 Å². The van der Waals surface area contributed by atoms with Gasteiger partial charge in [0.05, 0.1) is 11.0 Å². The Labute approximate surface area is 222 Å². The van der Waals surface area contributed by atoms with E-state index in [1.807, 2.05) is 12.3 Å². The van der Waals surface area contributed by atoms with Crippen LogP contribution in [0.25, 0.3) is 22.3 Å². The van der Waals surface area contributed by atoms with E-state index < -0.39 is 0 Å². The van der Waals surface area contributed by atoms with E-state index in [1.165, 1.54) is 12.1 Å². The number of fused-ring (bicyclic) bond motifs is 1. The van der Waals surface area contributed by atoms with Gasteiger partial charge in [-0.3, -0.25) is 9.79 Å². The number of allylic oxidation sites excluding steroid dienone is 1. The minimum atomic E-state index is -0.317. The molecule has 2 aromatic carbocycles. The molecule has 1 amide bonds. The van der Waals surface area contributed by atoms with E-state index in [1.54, 1.807) is 30.3 Å². The number of nitrogens with zero attached hydrogens (tertiary/aromatic N) is 4. The van der Waals surface area contributed by atoms with Gasteiger partial charge in [0.25, 0.3) is 5.91 Å². The van der Waals surface area contributed by atoms with E-state index in [9.17, 15) is 9.18 Å². The summed E-state index contributed by atoms with van der Waals surface area (Å²) in [5.41, 5.74) is 4.18. The highest BCUT2D eigenvalue weighted by Gasteiger charge is 2.25. The molecule has 38 heavy (non-hydrogen) atoms. The predicted molar refractivity (Wildman–Crippen MR) is 148 cm³/mol. The van der Waals surface area contributed by atoms with Crippen molar-refractivity contribution in [3.8, 4) is 17.1 Å². The highest BCUT2D eigenvalue weighted by molar-refractivity contribution is 5.97. The lowest BCUT2D eigenvalue weighted by molar-refractivity contribution is 0.0953. The van der Waals surface area contributed by atoms with Gasteiger partial charge in [-0.15, -0.1) is 0 Å². The van der Waals surface area contributed by atoms with Crippen LogP contribution < -0.4 is 10.1 Å². The molecule has 0 unspecified atom stereocenters. The Balaban J connectivity index is 1.35. The Hall–Kier alpha value is -3.65. The van der Waals surface area contributed by atoms with Crippen LogP contribution in [0.15, 0.2) is 59.7 Å². The fraction of sp³-hybridized carbons (Fsp3) is 0.400. The van der Waals surface area contributed by atoms with E-state index >= 15 is 0 Å². The predicted octanol–water partition coefficient (Wildman–Crippen LogP) is 5.56. The molecule has 8 heteroatoms. The molecule has 0 saturated heterocycles. The molecule has 1 fully saturated rings. The molecule has 0 bridgehead atoms. The first kappa shape index (κ1) is 26.0. The third-order valence-electron chi connectivity index (χ3n) is 7.31. The van der Waals surface area contributed by atoms with Crippen molar-refractivity contribution in [2.75, 3.05) is 20.6 Å². The summed E-state index contributed by atoms with van der Waals surface area (Å²) in [6.07, 6.45) is 10.5. The number of halogens is 1. The number of benzene rings is 2. The van der Waals surface area contributed by atoms with Gasteiger partial charge in [-0.25, -0.2) is 14.4 Å². The number of hydrogen-bond acceptors (Lipinski definition) is 6. The van der Waals surface area contributed by atoms with Gasteiger partial charge in [0.1, 0.15) is 17.6 Å². The van der Waals surface area contributed by atoms with Gasteiger partial charge in [-0.05, 0) is 95.1 Å². The van der Waals surface area contributed by atoms with Gasteiger partial charge < -0.3 is 15.0 Å². The number of ether oxygens (including phenoxy) is 1. The largest absolute Gasteiger partial charge is 0.473 e. The van der Waals surface area contributed by atoms with E-state index in [0.717, 1.165) is 56.2 Å². The summed E-state index contributed by atoms with van der Waals surface area (Å²) in [6.45, 7) is 0.575. The molecule has 2 aliphatic rings. The van der Waals surface area contributed by atoms with Crippen LogP contribution in [0.3, 0.4) is 0 Å². The first-order valence-electron chi connectivity index (χ1n) is 13.4. The smallest absolute Gasteiger partial charge is 0.251 e. The van der Waals surface area contributed by atoms with Crippen LogP contribution >= 0.6 is 0 Å². The Kier molecular flexibility index (Phi) is 8.08. The number of rotatable bonds is 9. The number of amides is 1. The van der Waals surface area contributed by atoms with Crippen LogP contribution in [0, 0.1) is 5.82 Å². The fourth-order valence-corrected chi connectivity index (χ4v) is 5.06. The maximum atomic E-state index is 13.7. The van der Waals surface area contributed by atoms with Crippen LogP contribution in [-0.2, 0) is 0 Å². The van der Waals surface area contributed by atoms with Gasteiger partial charge >= 0.3 is 0 Å². The Bertz CT molecular complexity index is 1340. The second-order valence-electron chi connectivity index (χ2n) is 10.2. The standard InChI is InChI=1S/C30H34FN5O2/c1-36(2)24-12-14-25(15-13-24)38-30-28(20-7-10-22(31)11-8-20)34-27-19-21(9-16-26(27)35-30)29(37)33-18-4-6-23-5-3-17-32-23/h3,7-11,16-17,19,24-25H,4-6,12-15,18H2,1-2H3,(H,33,37). The molecule has 3 aromatic rings. The van der Waals surface area contributed by atoms with Gasteiger partial charge in [-0.2, -0.15) is 0 Å². The lowest BCUT2D eigenvalue weighted by atomic mass is 9.92. The van der Waals surface area contributed by atoms with Gasteiger partial charge in [0.2, 0.25) is 5.88 Å². The van der Waals surface area contributed by atoms with Crippen LogP contribution in [0.5, 0.6) is 5.88 Å². The van der Waals surface area contributed by atoms with Crippen molar-refractivity contribution in [3.63, 3.8) is 0 Å². The molecule has 1 N–H and O–H groups in total. The summed E-state index contributed by atoms with van der Waals surface area (Å²) in [5, 5.41) is 2.98. The minimum absolute atomic E-state index is 0.0492. The summed E-state index contributed by atoms with van der Waals surface area (Å²) in [5.74, 6) is -0.0253. The summed E-state index contributed by atoms with van der Waals surface area (Å²) in [7, 11) is 4.23. The van der Waals surface area contributed by atoms with Crippen molar-refractivity contribution in [1.29, 1.82) is 0 Å². The molecule has 198 valence electrons. The molecular formula is C30H34FN5O2. The second kappa shape index (κ2) is 11.8. The van der Waals surface area contributed by atoms with Crippen molar-refractivity contribution in [3.05, 3.63) is 66.1 Å². The van der Waals surface area contributed by atoms with Crippen molar-refractivity contribution in [1.82, 2.24) is 20.2 Å². The molecule has 1 aliphatic carbocycles. The molecule has 1 saturated carbocycles. The highest BCUT2D eigenvalue weighted by atomic mass is 19.1. The maximum Gasteiger partial charge on any atom is 0.251 e.